The van der Waals surface area contributed by atoms with Gasteiger partial charge < -0.3 is 14.8 Å². The van der Waals surface area contributed by atoms with Gasteiger partial charge in [0.2, 0.25) is 5.91 Å². The van der Waals surface area contributed by atoms with E-state index >= 15 is 0 Å². The number of nitrogens with one attached hydrogen (secondary N) is 1. The normalized spacial score (nSPS) is 10.5. The van der Waals surface area contributed by atoms with E-state index in [-0.39, 0.29) is 17.0 Å². The zero-order chi connectivity index (χ0) is 18.4. The number of methoxy groups -OCH3 is 2. The highest BCUT2D eigenvalue weighted by Crippen LogP contribution is 2.35. The van der Waals surface area contributed by atoms with E-state index < -0.39 is 10.8 Å². The van der Waals surface area contributed by atoms with E-state index in [4.69, 9.17) is 21.1 Å². The van der Waals surface area contributed by atoms with E-state index in [2.05, 4.69) is 5.32 Å². The molecule has 7 nitrogen and oxygen atoms in total. The van der Waals surface area contributed by atoms with Gasteiger partial charge in [-0.05, 0) is 30.3 Å². The van der Waals surface area contributed by atoms with Crippen molar-refractivity contribution in [1.29, 1.82) is 0 Å². The zero-order valence-electron chi connectivity index (χ0n) is 13.5. The summed E-state index contributed by atoms with van der Waals surface area (Å²) in [5.41, 5.74) is 0.525. The van der Waals surface area contributed by atoms with Gasteiger partial charge in [0.25, 0.3) is 5.69 Å². The topological polar surface area (TPSA) is 90.7 Å². The van der Waals surface area contributed by atoms with Gasteiger partial charge >= 0.3 is 0 Å². The third-order valence-electron chi connectivity index (χ3n) is 3.24. The number of amides is 1. The molecule has 0 spiro atoms. The van der Waals surface area contributed by atoms with Gasteiger partial charge in [0.15, 0.2) is 11.5 Å². The standard InChI is InChI=1S/C17H15ClN2O5/c1-24-15-8-11(14(20(22)23)10-16(15)25-2)6-7-17(21)19-13-5-3-4-12(18)9-13/h3-10H,1-2H3,(H,19,21)/b7-6-. The first-order valence-electron chi connectivity index (χ1n) is 7.09. The summed E-state index contributed by atoms with van der Waals surface area (Å²) in [6, 6.07) is 9.32. The van der Waals surface area contributed by atoms with E-state index in [1.54, 1.807) is 24.3 Å². The highest BCUT2D eigenvalue weighted by atomic mass is 35.5. The fourth-order valence-corrected chi connectivity index (χ4v) is 2.28. The molecule has 130 valence electrons. The van der Waals surface area contributed by atoms with Gasteiger partial charge in [0.05, 0.1) is 30.8 Å². The average molecular weight is 363 g/mol. The molecule has 1 N–H and O–H groups in total. The molecular formula is C17H15ClN2O5. The van der Waals surface area contributed by atoms with Crippen molar-refractivity contribution in [3.63, 3.8) is 0 Å². The average Bonchev–Trinajstić information content (AvgIpc) is 2.59. The number of hydrogen-bond acceptors (Lipinski definition) is 5. The van der Waals surface area contributed by atoms with Gasteiger partial charge in [-0.15, -0.1) is 0 Å². The maximum Gasteiger partial charge on any atom is 0.280 e. The van der Waals surface area contributed by atoms with Gasteiger partial charge in [-0.2, -0.15) is 0 Å². The lowest BCUT2D eigenvalue weighted by Gasteiger charge is -2.08. The minimum Gasteiger partial charge on any atom is -0.493 e. The van der Waals surface area contributed by atoms with Crippen molar-refractivity contribution in [2.75, 3.05) is 19.5 Å². The van der Waals surface area contributed by atoms with Crippen LogP contribution in [0.15, 0.2) is 42.5 Å². The molecule has 0 bridgehead atoms. The zero-order valence-corrected chi connectivity index (χ0v) is 14.2. The number of benzene rings is 2. The molecule has 0 unspecified atom stereocenters. The summed E-state index contributed by atoms with van der Waals surface area (Å²) in [6.45, 7) is 0. The third kappa shape index (κ3) is 4.71. The van der Waals surface area contributed by atoms with E-state index in [9.17, 15) is 14.9 Å². The molecule has 2 aromatic rings. The largest absolute Gasteiger partial charge is 0.493 e. The molecule has 0 saturated carbocycles. The van der Waals surface area contributed by atoms with Crippen LogP contribution < -0.4 is 14.8 Å². The highest BCUT2D eigenvalue weighted by Gasteiger charge is 2.18. The second-order valence-corrected chi connectivity index (χ2v) is 5.29. The number of carbonyl (C=O) groups excluding carboxylic acids is 1. The van der Waals surface area contributed by atoms with Crippen LogP contribution in [-0.4, -0.2) is 25.1 Å². The van der Waals surface area contributed by atoms with Crippen LogP contribution in [0.5, 0.6) is 11.5 Å². The lowest BCUT2D eigenvalue weighted by Crippen LogP contribution is -2.07. The molecule has 8 heteroatoms. The molecule has 1 amide bonds. The van der Waals surface area contributed by atoms with Crippen molar-refractivity contribution in [3.8, 4) is 11.5 Å². The Morgan fingerprint density at radius 1 is 1.20 bits per heavy atom. The number of ether oxygens (including phenoxy) is 2. The van der Waals surface area contributed by atoms with E-state index in [1.165, 1.54) is 38.5 Å². The Labute approximate surface area is 149 Å². The Morgan fingerprint density at radius 2 is 1.88 bits per heavy atom. The van der Waals surface area contributed by atoms with Crippen molar-refractivity contribution in [1.82, 2.24) is 0 Å². The number of hydrogen-bond donors (Lipinski definition) is 1. The first-order valence-corrected chi connectivity index (χ1v) is 7.47. The van der Waals surface area contributed by atoms with Crippen LogP contribution in [0.1, 0.15) is 5.56 Å². The van der Waals surface area contributed by atoms with E-state index in [0.717, 1.165) is 0 Å². The second kappa shape index (κ2) is 8.16. The molecule has 0 radical (unpaired) electrons. The van der Waals surface area contributed by atoms with Crippen LogP contribution >= 0.6 is 11.6 Å². The van der Waals surface area contributed by atoms with Crippen LogP contribution in [0, 0.1) is 10.1 Å². The third-order valence-corrected chi connectivity index (χ3v) is 3.47. The van der Waals surface area contributed by atoms with Crippen molar-refractivity contribution >= 4 is 35.0 Å². The lowest BCUT2D eigenvalue weighted by molar-refractivity contribution is -0.385. The van der Waals surface area contributed by atoms with E-state index in [1.807, 2.05) is 0 Å². The minimum absolute atomic E-state index is 0.204. The van der Waals surface area contributed by atoms with Crippen LogP contribution in [0.4, 0.5) is 11.4 Å². The number of halogens is 1. The Hall–Kier alpha value is -3.06. The molecule has 2 rings (SSSR count). The Morgan fingerprint density at radius 3 is 2.48 bits per heavy atom. The summed E-state index contributed by atoms with van der Waals surface area (Å²) < 4.78 is 10.2. The smallest absolute Gasteiger partial charge is 0.280 e. The summed E-state index contributed by atoms with van der Waals surface area (Å²) >= 11 is 5.85. The van der Waals surface area contributed by atoms with Gasteiger partial charge in [-0.1, -0.05) is 17.7 Å². The molecule has 0 saturated heterocycles. The number of anilines is 1. The van der Waals surface area contributed by atoms with Gasteiger partial charge in [-0.25, -0.2) is 0 Å². The predicted molar refractivity (Wildman–Crippen MR) is 95.3 cm³/mol. The maximum atomic E-state index is 12.0. The molecule has 0 heterocycles. The van der Waals surface area contributed by atoms with Crippen molar-refractivity contribution in [2.45, 2.75) is 0 Å². The molecule has 0 aliphatic heterocycles. The van der Waals surface area contributed by atoms with Gasteiger partial charge in [0.1, 0.15) is 0 Å². The number of carbonyl (C=O) groups is 1. The molecule has 0 atom stereocenters. The van der Waals surface area contributed by atoms with Gasteiger partial charge in [-0.3, -0.25) is 14.9 Å². The number of nitro benzene ring substituents is 1. The SMILES string of the molecule is COc1cc(/C=C\C(=O)Nc2cccc(Cl)c2)c([N+](=O)[O-])cc1OC. The monoisotopic (exact) mass is 362 g/mol. The Bertz CT molecular complexity index is 836. The van der Waals surface area contributed by atoms with Crippen molar-refractivity contribution in [3.05, 3.63) is 63.2 Å². The second-order valence-electron chi connectivity index (χ2n) is 4.86. The fraction of sp³-hybridized carbons (Fsp3) is 0.118. The quantitative estimate of drug-likeness (QED) is 0.478. The number of nitro groups is 1. The van der Waals surface area contributed by atoms with Crippen molar-refractivity contribution in [2.24, 2.45) is 0 Å². The van der Waals surface area contributed by atoms with E-state index in [0.29, 0.717) is 16.5 Å². The van der Waals surface area contributed by atoms with Crippen LogP contribution in [0.3, 0.4) is 0 Å². The maximum absolute atomic E-state index is 12.0. The highest BCUT2D eigenvalue weighted by molar-refractivity contribution is 6.30. The molecule has 0 aliphatic rings. The molecule has 0 aliphatic carbocycles. The molecule has 2 aromatic carbocycles. The fourth-order valence-electron chi connectivity index (χ4n) is 2.09. The summed E-state index contributed by atoms with van der Waals surface area (Å²) in [4.78, 5) is 22.7. The minimum atomic E-state index is -0.559. The molecule has 0 aromatic heterocycles. The van der Waals surface area contributed by atoms with Crippen LogP contribution in [0.25, 0.3) is 6.08 Å². The Kier molecular flexibility index (Phi) is 5.97. The van der Waals surface area contributed by atoms with Gasteiger partial charge in [0, 0.05) is 16.8 Å². The lowest BCUT2D eigenvalue weighted by atomic mass is 10.1. The summed E-state index contributed by atoms with van der Waals surface area (Å²) in [5.74, 6) is 0.101. The van der Waals surface area contributed by atoms with Crippen LogP contribution in [0.2, 0.25) is 5.02 Å². The predicted octanol–water partition coefficient (Wildman–Crippen LogP) is 3.92. The first kappa shape index (κ1) is 18.3. The van der Waals surface area contributed by atoms with Crippen LogP contribution in [-0.2, 0) is 4.79 Å². The Balaban J connectivity index is 2.26. The summed E-state index contributed by atoms with van der Waals surface area (Å²) in [7, 11) is 2.80. The number of nitrogens with zero attached hydrogens (tertiary/aromatic N) is 1. The number of rotatable bonds is 6. The first-order chi connectivity index (χ1) is 11.9. The summed E-state index contributed by atoms with van der Waals surface area (Å²) in [5, 5.41) is 14.3. The molecule has 0 fully saturated rings. The molecule has 25 heavy (non-hydrogen) atoms. The van der Waals surface area contributed by atoms with Crippen molar-refractivity contribution < 1.29 is 19.2 Å². The molecular weight excluding hydrogens is 348 g/mol. The summed E-state index contributed by atoms with van der Waals surface area (Å²) in [6.07, 6.45) is 2.52.